The van der Waals surface area contributed by atoms with Crippen LogP contribution in [0.1, 0.15) is 32.4 Å². The molecule has 0 aliphatic carbocycles. The normalized spacial score (nSPS) is 20.2. The molecule has 1 aromatic carbocycles. The van der Waals surface area contributed by atoms with Crippen LogP contribution in [0.4, 0.5) is 4.39 Å². The van der Waals surface area contributed by atoms with Crippen molar-refractivity contribution >= 4 is 29.9 Å². The molecule has 2 atom stereocenters. The highest BCUT2D eigenvalue weighted by atomic mass is 127. The van der Waals surface area contributed by atoms with Crippen LogP contribution in [-0.2, 0) is 9.47 Å². The highest BCUT2D eigenvalue weighted by molar-refractivity contribution is 14.0. The number of rotatable bonds is 9. The Morgan fingerprint density at radius 1 is 1.03 bits per heavy atom. The summed E-state index contributed by atoms with van der Waals surface area (Å²) in [5.41, 5.74) is 0.976. The second-order valence-corrected chi connectivity index (χ2v) is 8.78. The fourth-order valence-corrected chi connectivity index (χ4v) is 4.44. The SMILES string of the molecule is CCNC(=NCC(C(C)C)N1CCOCC1)NCC(c1cccc(F)c1)N1CCOCC1.I. The molecule has 33 heavy (non-hydrogen) atoms. The predicted molar refractivity (Wildman–Crippen MR) is 142 cm³/mol. The lowest BCUT2D eigenvalue weighted by Crippen LogP contribution is -2.49. The van der Waals surface area contributed by atoms with Crippen molar-refractivity contribution in [3.63, 3.8) is 0 Å². The Labute approximate surface area is 215 Å². The van der Waals surface area contributed by atoms with Crippen LogP contribution in [0.5, 0.6) is 0 Å². The van der Waals surface area contributed by atoms with Gasteiger partial charge in [-0.05, 0) is 30.5 Å². The van der Waals surface area contributed by atoms with Crippen molar-refractivity contribution in [3.05, 3.63) is 35.6 Å². The molecule has 3 rings (SSSR count). The number of nitrogens with one attached hydrogen (secondary N) is 2. The lowest BCUT2D eigenvalue weighted by atomic mass is 10.0. The van der Waals surface area contributed by atoms with E-state index in [0.717, 1.165) is 64.0 Å². The van der Waals surface area contributed by atoms with Gasteiger partial charge in [-0.3, -0.25) is 14.8 Å². The molecule has 9 heteroatoms. The molecule has 0 radical (unpaired) electrons. The van der Waals surface area contributed by atoms with Gasteiger partial charge >= 0.3 is 0 Å². The number of hydrogen-bond acceptors (Lipinski definition) is 5. The first-order chi connectivity index (χ1) is 15.6. The molecule has 0 saturated carbocycles. The summed E-state index contributed by atoms with van der Waals surface area (Å²) in [6, 6.07) is 7.36. The first-order valence-electron chi connectivity index (χ1n) is 12.0. The molecule has 0 aromatic heterocycles. The molecule has 0 bridgehead atoms. The van der Waals surface area contributed by atoms with Crippen molar-refractivity contribution < 1.29 is 13.9 Å². The van der Waals surface area contributed by atoms with Gasteiger partial charge in [-0.15, -0.1) is 24.0 Å². The van der Waals surface area contributed by atoms with E-state index in [4.69, 9.17) is 14.5 Å². The minimum atomic E-state index is -0.202. The second kappa shape index (κ2) is 15.1. The van der Waals surface area contributed by atoms with Crippen LogP contribution >= 0.6 is 24.0 Å². The van der Waals surface area contributed by atoms with Gasteiger partial charge in [-0.2, -0.15) is 0 Å². The van der Waals surface area contributed by atoms with E-state index in [1.54, 1.807) is 12.1 Å². The van der Waals surface area contributed by atoms with Gasteiger partial charge in [0.25, 0.3) is 0 Å². The van der Waals surface area contributed by atoms with E-state index in [2.05, 4.69) is 41.2 Å². The van der Waals surface area contributed by atoms with Gasteiger partial charge in [-0.25, -0.2) is 4.39 Å². The van der Waals surface area contributed by atoms with E-state index in [0.29, 0.717) is 31.7 Å². The van der Waals surface area contributed by atoms with Gasteiger partial charge in [0.15, 0.2) is 5.96 Å². The van der Waals surface area contributed by atoms with Crippen LogP contribution in [0, 0.1) is 11.7 Å². The topological polar surface area (TPSA) is 61.4 Å². The van der Waals surface area contributed by atoms with Crippen molar-refractivity contribution in [2.75, 3.05) is 72.2 Å². The van der Waals surface area contributed by atoms with Gasteiger partial charge in [0.1, 0.15) is 5.82 Å². The van der Waals surface area contributed by atoms with Crippen LogP contribution in [0.25, 0.3) is 0 Å². The Kier molecular flexibility index (Phi) is 12.9. The fourth-order valence-electron chi connectivity index (χ4n) is 4.44. The number of hydrogen-bond donors (Lipinski definition) is 2. The molecule has 7 nitrogen and oxygen atoms in total. The lowest BCUT2D eigenvalue weighted by molar-refractivity contribution is 0.00865. The molecule has 0 spiro atoms. The van der Waals surface area contributed by atoms with Crippen molar-refractivity contribution in [3.8, 4) is 0 Å². The van der Waals surface area contributed by atoms with Gasteiger partial charge in [-0.1, -0.05) is 26.0 Å². The third-order valence-corrected chi connectivity index (χ3v) is 6.25. The third kappa shape index (κ3) is 8.93. The zero-order valence-corrected chi connectivity index (χ0v) is 22.6. The van der Waals surface area contributed by atoms with Crippen LogP contribution < -0.4 is 10.6 Å². The Morgan fingerprint density at radius 3 is 2.24 bits per heavy atom. The maximum atomic E-state index is 14.0. The molecule has 2 unspecified atom stereocenters. The Hall–Kier alpha value is -1.01. The predicted octanol–water partition coefficient (Wildman–Crippen LogP) is 2.73. The monoisotopic (exact) mass is 577 g/mol. The zero-order valence-electron chi connectivity index (χ0n) is 20.3. The maximum absolute atomic E-state index is 14.0. The Bertz CT molecular complexity index is 712. The average molecular weight is 578 g/mol. The summed E-state index contributed by atoms with van der Waals surface area (Å²) < 4.78 is 25.0. The number of morpholine rings is 2. The molecule has 2 N–H and O–H groups in total. The molecular weight excluding hydrogens is 536 g/mol. The molecule has 0 amide bonds. The molecular formula is C24H41FIN5O2. The van der Waals surface area contributed by atoms with E-state index < -0.39 is 0 Å². The van der Waals surface area contributed by atoms with Gasteiger partial charge in [0, 0.05) is 45.3 Å². The van der Waals surface area contributed by atoms with Gasteiger partial charge < -0.3 is 20.1 Å². The summed E-state index contributed by atoms with van der Waals surface area (Å²) in [6.45, 7) is 15.3. The number of nitrogens with zero attached hydrogens (tertiary/aromatic N) is 3. The van der Waals surface area contributed by atoms with E-state index in [-0.39, 0.29) is 35.8 Å². The minimum absolute atomic E-state index is 0. The minimum Gasteiger partial charge on any atom is -0.379 e. The smallest absolute Gasteiger partial charge is 0.191 e. The van der Waals surface area contributed by atoms with Crippen molar-refractivity contribution in [1.29, 1.82) is 0 Å². The second-order valence-electron chi connectivity index (χ2n) is 8.78. The van der Waals surface area contributed by atoms with E-state index in [1.807, 2.05) is 6.07 Å². The molecule has 1 aromatic rings. The summed E-state index contributed by atoms with van der Waals surface area (Å²) >= 11 is 0. The standard InChI is InChI=1S/C24H40FN5O2.HI/c1-4-26-24(27-17-22(19(2)3)29-8-12-31-13-9-29)28-18-23(30-10-14-32-15-11-30)20-6-5-7-21(25)16-20;/h5-7,16,19,22-23H,4,8-15,17-18H2,1-3H3,(H2,26,27,28);1H. The zero-order chi connectivity index (χ0) is 22.8. The summed E-state index contributed by atoms with van der Waals surface area (Å²) in [7, 11) is 0. The first kappa shape index (κ1) is 28.2. The molecule has 188 valence electrons. The average Bonchev–Trinajstić information content (AvgIpc) is 2.80. The van der Waals surface area contributed by atoms with Gasteiger partial charge in [0.2, 0.25) is 0 Å². The number of aliphatic imine (C=N–C) groups is 1. The summed E-state index contributed by atoms with van der Waals surface area (Å²) in [5.74, 6) is 1.11. The van der Waals surface area contributed by atoms with Crippen molar-refractivity contribution in [2.45, 2.75) is 32.9 Å². The Balaban J connectivity index is 0.00000385. The molecule has 2 aliphatic rings. The molecule has 2 saturated heterocycles. The van der Waals surface area contributed by atoms with Crippen LogP contribution in [0.3, 0.4) is 0 Å². The van der Waals surface area contributed by atoms with Crippen molar-refractivity contribution in [2.24, 2.45) is 10.9 Å². The lowest BCUT2D eigenvalue weighted by Gasteiger charge is -2.36. The molecule has 2 fully saturated rings. The first-order valence-corrected chi connectivity index (χ1v) is 12.0. The van der Waals surface area contributed by atoms with Crippen LogP contribution in [-0.4, -0.2) is 94.0 Å². The summed E-state index contributed by atoms with van der Waals surface area (Å²) in [4.78, 5) is 9.78. The highest BCUT2D eigenvalue weighted by Crippen LogP contribution is 2.22. The Morgan fingerprint density at radius 2 is 1.67 bits per heavy atom. The third-order valence-electron chi connectivity index (χ3n) is 6.25. The number of guanidine groups is 1. The van der Waals surface area contributed by atoms with Crippen molar-refractivity contribution in [1.82, 2.24) is 20.4 Å². The summed E-state index contributed by atoms with van der Waals surface area (Å²) in [6.07, 6.45) is 0. The fraction of sp³-hybridized carbons (Fsp3) is 0.708. The van der Waals surface area contributed by atoms with E-state index in [9.17, 15) is 4.39 Å². The summed E-state index contributed by atoms with van der Waals surface area (Å²) in [5, 5.41) is 6.90. The highest BCUT2D eigenvalue weighted by Gasteiger charge is 2.25. The largest absolute Gasteiger partial charge is 0.379 e. The van der Waals surface area contributed by atoms with E-state index in [1.165, 1.54) is 6.07 Å². The van der Waals surface area contributed by atoms with E-state index >= 15 is 0 Å². The molecule has 2 heterocycles. The number of halogens is 2. The molecule has 2 aliphatic heterocycles. The number of benzene rings is 1. The van der Waals surface area contributed by atoms with Gasteiger partial charge in [0.05, 0.1) is 39.0 Å². The van der Waals surface area contributed by atoms with Crippen LogP contribution in [0.15, 0.2) is 29.3 Å². The maximum Gasteiger partial charge on any atom is 0.191 e. The van der Waals surface area contributed by atoms with Crippen LogP contribution in [0.2, 0.25) is 0 Å². The number of ether oxygens (including phenoxy) is 2. The quantitative estimate of drug-likeness (QED) is 0.268.